The zero-order valence-electron chi connectivity index (χ0n) is 11.7. The number of rotatable bonds is 4. The van der Waals surface area contributed by atoms with Crippen molar-refractivity contribution < 1.29 is 31.5 Å². The van der Waals surface area contributed by atoms with Gasteiger partial charge in [0, 0.05) is 11.8 Å². The molecular weight excluding hydrogens is 335 g/mol. The molecule has 124 valence electrons. The van der Waals surface area contributed by atoms with Crippen molar-refractivity contribution >= 4 is 11.6 Å². The Morgan fingerprint density at radius 1 is 1.04 bits per heavy atom. The quantitative estimate of drug-likeness (QED) is 0.518. The maximum absolute atomic E-state index is 13.5. The van der Waals surface area contributed by atoms with Gasteiger partial charge in [0.1, 0.15) is 12.2 Å². The van der Waals surface area contributed by atoms with Gasteiger partial charge in [-0.2, -0.15) is 14.0 Å². The predicted octanol–water partition coefficient (Wildman–Crippen LogP) is 4.03. The molecule has 0 atom stereocenters. The Morgan fingerprint density at radius 2 is 1.62 bits per heavy atom. The van der Waals surface area contributed by atoms with Crippen molar-refractivity contribution in [1.29, 1.82) is 5.26 Å². The first-order valence-corrected chi connectivity index (χ1v) is 6.31. The highest BCUT2D eigenvalue weighted by Gasteiger charge is 2.27. The number of nitrogens with one attached hydrogen (secondary N) is 1. The molecule has 0 spiro atoms. The summed E-state index contributed by atoms with van der Waals surface area (Å²) < 4.78 is 71.0. The fourth-order valence-electron chi connectivity index (χ4n) is 1.71. The third-order valence-corrected chi connectivity index (χ3v) is 2.75. The van der Waals surface area contributed by atoms with E-state index in [9.17, 15) is 26.7 Å². The Hall–Kier alpha value is -3.15. The Labute approximate surface area is 132 Å². The number of benzene rings is 2. The Bertz CT molecular complexity index is 819. The third-order valence-electron chi connectivity index (χ3n) is 2.75. The van der Waals surface area contributed by atoms with Crippen LogP contribution in [0.3, 0.4) is 0 Å². The van der Waals surface area contributed by atoms with Gasteiger partial charge in [-0.05, 0) is 12.1 Å². The molecule has 2 aromatic carbocycles. The van der Waals surface area contributed by atoms with Crippen LogP contribution in [0.1, 0.15) is 6.42 Å². The minimum atomic E-state index is -2.30. The summed E-state index contributed by atoms with van der Waals surface area (Å²) in [6.07, 6.45) is -0.428. The zero-order chi connectivity index (χ0) is 17.9. The molecule has 0 heterocycles. The summed E-state index contributed by atoms with van der Waals surface area (Å²) in [5.41, 5.74) is 0.108. The predicted molar refractivity (Wildman–Crippen MR) is 71.6 cm³/mol. The van der Waals surface area contributed by atoms with E-state index in [-0.39, 0.29) is 11.4 Å². The molecule has 1 amide bonds. The molecule has 0 bridgehead atoms. The van der Waals surface area contributed by atoms with Crippen molar-refractivity contribution in [3.05, 3.63) is 53.4 Å². The van der Waals surface area contributed by atoms with Crippen LogP contribution in [-0.4, -0.2) is 5.91 Å². The first-order chi connectivity index (χ1) is 11.3. The summed E-state index contributed by atoms with van der Waals surface area (Å²) in [5, 5.41) is 10.7. The maximum atomic E-state index is 13.5. The Kier molecular flexibility index (Phi) is 4.99. The summed E-state index contributed by atoms with van der Waals surface area (Å²) in [7, 11) is 0. The molecule has 2 rings (SSSR count). The molecule has 1 N–H and O–H groups in total. The Morgan fingerprint density at radius 3 is 2.21 bits per heavy atom. The molecule has 4 nitrogen and oxygen atoms in total. The van der Waals surface area contributed by atoms with Gasteiger partial charge in [0.25, 0.3) is 0 Å². The summed E-state index contributed by atoms with van der Waals surface area (Å²) in [6.45, 7) is 0. The number of halogens is 5. The van der Waals surface area contributed by atoms with E-state index in [2.05, 4.69) is 5.32 Å². The van der Waals surface area contributed by atoms with Crippen molar-refractivity contribution in [2.45, 2.75) is 6.42 Å². The average Bonchev–Trinajstić information content (AvgIpc) is 2.56. The largest absolute Gasteiger partial charge is 0.451 e. The standard InChI is InChI=1S/C15H7F5N2O2/c16-10-11(17)13(19)15(14(20)12(10)18)24-8-3-1-2-7(6-8)22-9(23)4-5-21/h1-3,6H,4H2,(H,22,23). The van der Waals surface area contributed by atoms with E-state index in [0.29, 0.717) is 0 Å². The van der Waals surface area contributed by atoms with Crippen molar-refractivity contribution in [1.82, 2.24) is 0 Å². The molecule has 0 radical (unpaired) electrons. The van der Waals surface area contributed by atoms with Crippen LogP contribution in [0.5, 0.6) is 11.5 Å². The fourth-order valence-corrected chi connectivity index (χ4v) is 1.71. The van der Waals surface area contributed by atoms with Crippen LogP contribution in [0.4, 0.5) is 27.6 Å². The van der Waals surface area contributed by atoms with Crippen molar-refractivity contribution in [3.63, 3.8) is 0 Å². The Balaban J connectivity index is 2.33. The molecule has 0 saturated heterocycles. The monoisotopic (exact) mass is 342 g/mol. The van der Waals surface area contributed by atoms with Crippen LogP contribution >= 0.6 is 0 Å². The van der Waals surface area contributed by atoms with Gasteiger partial charge in [-0.1, -0.05) is 6.07 Å². The number of carbonyl (C=O) groups is 1. The molecule has 0 aliphatic rings. The lowest BCUT2D eigenvalue weighted by Crippen LogP contribution is -2.10. The number of amides is 1. The normalized spacial score (nSPS) is 10.2. The van der Waals surface area contributed by atoms with E-state index in [1.807, 2.05) is 0 Å². The molecule has 24 heavy (non-hydrogen) atoms. The minimum absolute atomic E-state index is 0.108. The van der Waals surface area contributed by atoms with Gasteiger partial charge in [-0.15, -0.1) is 0 Å². The maximum Gasteiger partial charge on any atom is 0.238 e. The molecule has 0 aromatic heterocycles. The van der Waals surface area contributed by atoms with E-state index in [4.69, 9.17) is 10.00 Å². The number of nitriles is 1. The zero-order valence-corrected chi connectivity index (χ0v) is 11.7. The summed E-state index contributed by atoms with van der Waals surface area (Å²) in [6, 6.07) is 6.57. The van der Waals surface area contributed by atoms with Gasteiger partial charge >= 0.3 is 0 Å². The van der Waals surface area contributed by atoms with E-state index in [1.165, 1.54) is 18.2 Å². The highest BCUT2D eigenvalue weighted by Crippen LogP contribution is 2.33. The molecular formula is C15H7F5N2O2. The van der Waals surface area contributed by atoms with E-state index < -0.39 is 47.2 Å². The van der Waals surface area contributed by atoms with E-state index >= 15 is 0 Å². The molecule has 9 heteroatoms. The van der Waals surface area contributed by atoms with Crippen LogP contribution in [0.2, 0.25) is 0 Å². The third kappa shape index (κ3) is 3.43. The average molecular weight is 342 g/mol. The van der Waals surface area contributed by atoms with Gasteiger partial charge in [-0.3, -0.25) is 4.79 Å². The second-order valence-electron chi connectivity index (χ2n) is 4.41. The van der Waals surface area contributed by atoms with Gasteiger partial charge in [0.2, 0.25) is 40.7 Å². The van der Waals surface area contributed by atoms with Crippen molar-refractivity contribution in [2.24, 2.45) is 0 Å². The van der Waals surface area contributed by atoms with Gasteiger partial charge in [0.15, 0.2) is 0 Å². The van der Waals surface area contributed by atoms with Crippen molar-refractivity contribution in [3.8, 4) is 17.6 Å². The fraction of sp³-hybridized carbons (Fsp3) is 0.0667. The van der Waals surface area contributed by atoms with Crippen LogP contribution in [0.25, 0.3) is 0 Å². The SMILES string of the molecule is N#CCC(=O)Nc1cccc(Oc2c(F)c(F)c(F)c(F)c2F)c1. The summed E-state index contributed by atoms with van der Waals surface area (Å²) in [5.74, 6) is -13.2. The van der Waals surface area contributed by atoms with Gasteiger partial charge in [-0.25, -0.2) is 13.2 Å². The first kappa shape index (κ1) is 17.2. The highest BCUT2D eigenvalue weighted by molar-refractivity contribution is 5.92. The lowest BCUT2D eigenvalue weighted by molar-refractivity contribution is -0.115. The van der Waals surface area contributed by atoms with Gasteiger partial charge in [0.05, 0.1) is 6.07 Å². The lowest BCUT2D eigenvalue weighted by Gasteiger charge is -2.11. The molecule has 0 aliphatic heterocycles. The van der Waals surface area contributed by atoms with Crippen LogP contribution < -0.4 is 10.1 Å². The first-order valence-electron chi connectivity index (χ1n) is 6.31. The minimum Gasteiger partial charge on any atom is -0.451 e. The second kappa shape index (κ2) is 6.95. The number of hydrogen-bond donors (Lipinski definition) is 1. The number of ether oxygens (including phenoxy) is 1. The summed E-state index contributed by atoms with van der Waals surface area (Å²) in [4.78, 5) is 11.3. The topological polar surface area (TPSA) is 62.1 Å². The number of hydrogen-bond acceptors (Lipinski definition) is 3. The van der Waals surface area contributed by atoms with E-state index in [0.717, 1.165) is 6.07 Å². The number of anilines is 1. The molecule has 0 aliphatic carbocycles. The van der Waals surface area contributed by atoms with Crippen molar-refractivity contribution in [2.75, 3.05) is 5.32 Å². The number of carbonyl (C=O) groups excluding carboxylic acids is 1. The lowest BCUT2D eigenvalue weighted by atomic mass is 10.2. The molecule has 0 unspecified atom stereocenters. The second-order valence-corrected chi connectivity index (χ2v) is 4.41. The molecule has 0 saturated carbocycles. The van der Waals surface area contributed by atoms with Crippen LogP contribution in [0.15, 0.2) is 24.3 Å². The van der Waals surface area contributed by atoms with Crippen LogP contribution in [-0.2, 0) is 4.79 Å². The number of nitrogens with zero attached hydrogens (tertiary/aromatic N) is 1. The molecule has 0 fully saturated rings. The highest BCUT2D eigenvalue weighted by atomic mass is 19.2. The van der Waals surface area contributed by atoms with E-state index in [1.54, 1.807) is 6.07 Å². The van der Waals surface area contributed by atoms with Gasteiger partial charge < -0.3 is 10.1 Å². The summed E-state index contributed by atoms with van der Waals surface area (Å²) >= 11 is 0. The molecule has 2 aromatic rings. The van der Waals surface area contributed by atoms with Crippen LogP contribution in [0, 0.1) is 40.4 Å². The smallest absolute Gasteiger partial charge is 0.238 e.